The molecule has 7 rings (SSSR count). The summed E-state index contributed by atoms with van der Waals surface area (Å²) in [7, 11) is -7.65. The zero-order valence-electron chi connectivity index (χ0n) is 33.1. The van der Waals surface area contributed by atoms with Crippen LogP contribution in [0.1, 0.15) is 70.9 Å². The lowest BCUT2D eigenvalue weighted by Gasteiger charge is -2.36. The molecule has 2 aliphatic carbocycles. The summed E-state index contributed by atoms with van der Waals surface area (Å²) in [4.78, 5) is 58.9. The molecule has 0 bridgehead atoms. The number of nitrogens with one attached hydrogen (secondary N) is 4. The maximum atomic E-state index is 14.7. The minimum atomic E-state index is -3.91. The van der Waals surface area contributed by atoms with Crippen LogP contribution in [0, 0.1) is 17.2 Å². The standard InChI is InChI=1S/C39H52FN7O9S2/c1-5-25-20-39(25,36(50)44-57(52,53)28-13-14-28)43-34(48)32-19-27(56-37(51)45-21-24-7-6-8-31(40)30(24)23-45)22-47(32)35(49)33(38(2,3)4)42-26-9-11-29(12-10-26)58(54,55)46-17-15-41-16-18-46/h6-12,25,27-28,32-33,41-42H,5,13-23H2,1-4H3,(H,43,48)(H,44,50)/t25?,27-,32+,33-,39-/m1/s1. The summed E-state index contributed by atoms with van der Waals surface area (Å²) in [5.74, 6) is -2.82. The average molecular weight is 846 g/mol. The van der Waals surface area contributed by atoms with Crippen molar-refractivity contribution >= 4 is 49.5 Å². The Labute approximate surface area is 338 Å². The summed E-state index contributed by atoms with van der Waals surface area (Å²) in [6, 6.07) is 8.51. The molecule has 3 heterocycles. The third-order valence-electron chi connectivity index (χ3n) is 11.8. The van der Waals surface area contributed by atoms with Crippen LogP contribution in [0.4, 0.5) is 14.9 Å². The second kappa shape index (κ2) is 15.7. The summed E-state index contributed by atoms with van der Waals surface area (Å²) in [6.45, 7) is 9.03. The van der Waals surface area contributed by atoms with E-state index in [4.69, 9.17) is 4.74 Å². The van der Waals surface area contributed by atoms with Crippen LogP contribution >= 0.6 is 0 Å². The second-order valence-corrected chi connectivity index (χ2v) is 20.9. The van der Waals surface area contributed by atoms with Crippen LogP contribution in [0.15, 0.2) is 47.4 Å². The first-order chi connectivity index (χ1) is 27.3. The number of hydrogen-bond donors (Lipinski definition) is 4. The van der Waals surface area contributed by atoms with E-state index in [0.29, 0.717) is 62.3 Å². The minimum absolute atomic E-state index is 0.00866. The van der Waals surface area contributed by atoms with Gasteiger partial charge >= 0.3 is 6.09 Å². The zero-order chi connectivity index (χ0) is 41.8. The minimum Gasteiger partial charge on any atom is -0.444 e. The molecule has 0 aromatic heterocycles. The van der Waals surface area contributed by atoms with Gasteiger partial charge < -0.3 is 25.6 Å². The lowest BCUT2D eigenvalue weighted by Crippen LogP contribution is -2.58. The summed E-state index contributed by atoms with van der Waals surface area (Å²) >= 11 is 0. The first kappa shape index (κ1) is 41.8. The smallest absolute Gasteiger partial charge is 0.410 e. The molecule has 5 atom stereocenters. The van der Waals surface area contributed by atoms with Crippen molar-refractivity contribution in [3.8, 4) is 0 Å². The van der Waals surface area contributed by atoms with Gasteiger partial charge in [0, 0.05) is 50.4 Å². The Hall–Kier alpha value is -4.33. The molecule has 19 heteroatoms. The van der Waals surface area contributed by atoms with E-state index in [9.17, 15) is 40.4 Å². The van der Waals surface area contributed by atoms with Crippen LogP contribution in [0.5, 0.6) is 0 Å². The molecule has 16 nitrogen and oxygen atoms in total. The molecular formula is C39H52FN7O9S2. The number of anilines is 1. The molecule has 4 fully saturated rings. The predicted octanol–water partition coefficient (Wildman–Crippen LogP) is 2.26. The van der Waals surface area contributed by atoms with Gasteiger partial charge in [0.05, 0.1) is 23.2 Å². The van der Waals surface area contributed by atoms with Crippen molar-refractivity contribution in [3.05, 3.63) is 59.4 Å². The van der Waals surface area contributed by atoms with E-state index >= 15 is 0 Å². The van der Waals surface area contributed by atoms with Gasteiger partial charge in [0.2, 0.25) is 31.9 Å². The highest BCUT2D eigenvalue weighted by atomic mass is 32.2. The largest absolute Gasteiger partial charge is 0.444 e. The van der Waals surface area contributed by atoms with Crippen molar-refractivity contribution in [1.29, 1.82) is 0 Å². The van der Waals surface area contributed by atoms with Gasteiger partial charge in [-0.3, -0.25) is 24.0 Å². The molecule has 4 N–H and O–H groups in total. The number of rotatable bonds is 12. The monoisotopic (exact) mass is 845 g/mol. The molecule has 2 aromatic carbocycles. The number of ether oxygens (including phenoxy) is 1. The number of carbonyl (C=O) groups excluding carboxylic acids is 4. The SMILES string of the molecule is CCC1C[C@]1(NC(=O)[C@@H]1C[C@@H](OC(=O)N2Cc3cccc(F)c3C2)CN1C(=O)[C@@H](Nc1ccc(S(=O)(=O)N2CCNCC2)cc1)C(C)(C)C)C(=O)NS(=O)(=O)C1CC1. The second-order valence-electron chi connectivity index (χ2n) is 17.0. The number of fused-ring (bicyclic) bond motifs is 1. The van der Waals surface area contributed by atoms with Gasteiger partial charge in [0.15, 0.2) is 0 Å². The number of piperazine rings is 1. The molecule has 4 amide bonds. The third kappa shape index (κ3) is 8.40. The number of hydrogen-bond acceptors (Lipinski definition) is 11. The first-order valence-electron chi connectivity index (χ1n) is 19.8. The topological polar surface area (TPSA) is 204 Å². The Morgan fingerprint density at radius 2 is 1.69 bits per heavy atom. The van der Waals surface area contributed by atoms with Crippen molar-refractivity contribution in [2.24, 2.45) is 11.3 Å². The van der Waals surface area contributed by atoms with Crippen molar-refractivity contribution in [2.75, 3.05) is 38.0 Å². The van der Waals surface area contributed by atoms with Crippen molar-refractivity contribution in [2.45, 2.75) is 107 Å². The van der Waals surface area contributed by atoms with Crippen molar-refractivity contribution in [1.82, 2.24) is 29.5 Å². The van der Waals surface area contributed by atoms with Crippen LogP contribution in [-0.4, -0.2) is 116 Å². The summed E-state index contributed by atoms with van der Waals surface area (Å²) in [6.07, 6.45) is -0.252. The Balaban J connectivity index is 1.12. The number of benzene rings is 2. The number of sulfonamides is 2. The van der Waals surface area contributed by atoms with Gasteiger partial charge in [-0.2, -0.15) is 4.31 Å². The van der Waals surface area contributed by atoms with E-state index < -0.39 is 84.1 Å². The molecule has 2 saturated heterocycles. The Morgan fingerprint density at radius 1 is 1.00 bits per heavy atom. The molecule has 2 saturated carbocycles. The number of nitrogens with zero attached hydrogens (tertiary/aromatic N) is 3. The van der Waals surface area contributed by atoms with E-state index in [2.05, 4.69) is 20.7 Å². The van der Waals surface area contributed by atoms with E-state index in [1.807, 2.05) is 27.7 Å². The summed E-state index contributed by atoms with van der Waals surface area (Å²) < 4.78 is 76.0. The average Bonchev–Trinajstić information content (AvgIpc) is 4.07. The van der Waals surface area contributed by atoms with Gasteiger partial charge in [-0.1, -0.05) is 46.2 Å². The fourth-order valence-corrected chi connectivity index (χ4v) is 10.9. The van der Waals surface area contributed by atoms with Gasteiger partial charge in [-0.05, 0) is 66.5 Å². The van der Waals surface area contributed by atoms with Gasteiger partial charge in [-0.25, -0.2) is 26.0 Å². The van der Waals surface area contributed by atoms with Crippen LogP contribution in [-0.2, 0) is 52.3 Å². The lowest BCUT2D eigenvalue weighted by molar-refractivity contribution is -0.141. The highest BCUT2D eigenvalue weighted by molar-refractivity contribution is 7.91. The first-order valence-corrected chi connectivity index (χ1v) is 22.8. The van der Waals surface area contributed by atoms with Gasteiger partial charge in [0.1, 0.15) is 29.5 Å². The number of halogens is 1. The van der Waals surface area contributed by atoms with Crippen molar-refractivity contribution in [3.63, 3.8) is 0 Å². The third-order valence-corrected chi connectivity index (χ3v) is 15.6. The maximum Gasteiger partial charge on any atom is 0.410 e. The molecule has 0 radical (unpaired) electrons. The van der Waals surface area contributed by atoms with Crippen LogP contribution in [0.3, 0.4) is 0 Å². The van der Waals surface area contributed by atoms with E-state index in [-0.39, 0.29) is 43.3 Å². The number of amides is 4. The van der Waals surface area contributed by atoms with Crippen LogP contribution < -0.4 is 20.7 Å². The molecule has 0 spiro atoms. The summed E-state index contributed by atoms with van der Waals surface area (Å²) in [5.41, 5.74) is -0.792. The Bertz CT molecular complexity index is 2170. The molecule has 3 aliphatic heterocycles. The zero-order valence-corrected chi connectivity index (χ0v) is 34.8. The van der Waals surface area contributed by atoms with Gasteiger partial charge in [-0.15, -0.1) is 0 Å². The molecule has 2 aromatic rings. The molecule has 5 aliphatic rings. The van der Waals surface area contributed by atoms with E-state index in [1.54, 1.807) is 24.3 Å². The van der Waals surface area contributed by atoms with E-state index in [1.165, 1.54) is 32.3 Å². The Morgan fingerprint density at radius 3 is 2.29 bits per heavy atom. The highest BCUT2D eigenvalue weighted by Gasteiger charge is 2.62. The van der Waals surface area contributed by atoms with Gasteiger partial charge in [0.25, 0.3) is 5.91 Å². The maximum absolute atomic E-state index is 14.7. The normalized spacial score (nSPS) is 25.4. The fourth-order valence-electron chi connectivity index (χ4n) is 8.14. The molecule has 58 heavy (non-hydrogen) atoms. The lowest BCUT2D eigenvalue weighted by atomic mass is 9.85. The van der Waals surface area contributed by atoms with Crippen LogP contribution in [0.25, 0.3) is 0 Å². The summed E-state index contributed by atoms with van der Waals surface area (Å²) in [5, 5.41) is 8.54. The van der Waals surface area contributed by atoms with Crippen molar-refractivity contribution < 1.29 is 45.1 Å². The Kier molecular flexibility index (Phi) is 11.3. The highest BCUT2D eigenvalue weighted by Crippen LogP contribution is 2.47. The predicted molar refractivity (Wildman–Crippen MR) is 210 cm³/mol. The molecule has 316 valence electrons. The molecular weight excluding hydrogens is 794 g/mol. The van der Waals surface area contributed by atoms with E-state index in [0.717, 1.165) is 0 Å². The van der Waals surface area contributed by atoms with Crippen LogP contribution in [0.2, 0.25) is 0 Å². The quantitative estimate of drug-likeness (QED) is 0.244. The number of carbonyl (C=O) groups is 4. The number of likely N-dealkylation sites (tertiary alicyclic amines) is 1. The molecule has 1 unspecified atom stereocenters. The fraction of sp³-hybridized carbons (Fsp3) is 0.590.